The normalized spacial score (nSPS) is 21.4. The molecular weight excluding hydrogens is 192 g/mol. The summed E-state index contributed by atoms with van der Waals surface area (Å²) < 4.78 is 9.73. The third-order valence-corrected chi connectivity index (χ3v) is 2.00. The lowest BCUT2D eigenvalue weighted by atomic mass is 9.90. The Morgan fingerprint density at radius 3 is 2.00 bits per heavy atom. The highest BCUT2D eigenvalue weighted by atomic mass is 16.7. The first kappa shape index (κ1) is 10.7. The van der Waals surface area contributed by atoms with Gasteiger partial charge in [-0.05, 0) is 6.08 Å². The minimum absolute atomic E-state index is 0.422. The van der Waals surface area contributed by atoms with E-state index in [0.29, 0.717) is 0 Å². The van der Waals surface area contributed by atoms with Gasteiger partial charge in [0.1, 0.15) is 0 Å². The number of carboxylic acids is 2. The van der Waals surface area contributed by atoms with Gasteiger partial charge in [-0.3, -0.25) is 9.59 Å². The summed E-state index contributed by atoms with van der Waals surface area (Å²) in [5.41, 5.74) is -2.00. The Morgan fingerprint density at radius 2 is 1.71 bits per heavy atom. The van der Waals surface area contributed by atoms with Crippen molar-refractivity contribution in [2.75, 3.05) is 13.2 Å². The van der Waals surface area contributed by atoms with Crippen molar-refractivity contribution < 1.29 is 29.3 Å². The summed E-state index contributed by atoms with van der Waals surface area (Å²) in [6.07, 6.45) is 0.593. The van der Waals surface area contributed by atoms with E-state index in [-0.39, 0.29) is 0 Å². The predicted octanol–water partition coefficient (Wildman–Crippen LogP) is -0.299. The molecule has 0 aromatic heterocycles. The van der Waals surface area contributed by atoms with E-state index in [9.17, 15) is 9.59 Å². The van der Waals surface area contributed by atoms with Gasteiger partial charge in [-0.1, -0.05) is 6.58 Å². The van der Waals surface area contributed by atoms with E-state index in [2.05, 4.69) is 6.58 Å². The fraction of sp³-hybridized carbons (Fsp3) is 0.500. The van der Waals surface area contributed by atoms with E-state index in [1.807, 2.05) is 0 Å². The summed E-state index contributed by atoms with van der Waals surface area (Å²) in [6, 6.07) is 0. The molecular formula is C8H10O6. The van der Waals surface area contributed by atoms with Crippen molar-refractivity contribution in [1.82, 2.24) is 0 Å². The first-order valence-electron chi connectivity index (χ1n) is 3.85. The van der Waals surface area contributed by atoms with Crippen LogP contribution in [-0.2, 0) is 19.1 Å². The van der Waals surface area contributed by atoms with Crippen molar-refractivity contribution in [3.8, 4) is 0 Å². The molecule has 0 amide bonds. The van der Waals surface area contributed by atoms with Gasteiger partial charge in [0.15, 0.2) is 6.29 Å². The second-order valence-corrected chi connectivity index (χ2v) is 2.92. The van der Waals surface area contributed by atoms with Gasteiger partial charge in [0, 0.05) is 0 Å². The molecule has 6 nitrogen and oxygen atoms in total. The highest BCUT2D eigenvalue weighted by Crippen LogP contribution is 2.25. The summed E-state index contributed by atoms with van der Waals surface area (Å²) >= 11 is 0. The molecule has 78 valence electrons. The molecule has 1 fully saturated rings. The van der Waals surface area contributed by atoms with Crippen LogP contribution >= 0.6 is 0 Å². The van der Waals surface area contributed by atoms with Crippen LogP contribution in [0.4, 0.5) is 0 Å². The van der Waals surface area contributed by atoms with Crippen LogP contribution in [0.1, 0.15) is 0 Å². The number of ether oxygens (including phenoxy) is 2. The minimum atomic E-state index is -2.00. The highest BCUT2D eigenvalue weighted by molar-refractivity contribution is 5.98. The van der Waals surface area contributed by atoms with Crippen molar-refractivity contribution in [2.24, 2.45) is 5.41 Å². The fourth-order valence-electron chi connectivity index (χ4n) is 1.01. The average molecular weight is 202 g/mol. The third kappa shape index (κ3) is 1.61. The van der Waals surface area contributed by atoms with Crippen molar-refractivity contribution >= 4 is 11.9 Å². The van der Waals surface area contributed by atoms with Crippen LogP contribution in [0, 0.1) is 5.41 Å². The Bertz CT molecular complexity index is 247. The van der Waals surface area contributed by atoms with Gasteiger partial charge in [-0.2, -0.15) is 0 Å². The maximum atomic E-state index is 10.7. The fourth-order valence-corrected chi connectivity index (χ4v) is 1.01. The summed E-state index contributed by atoms with van der Waals surface area (Å²) in [5.74, 6) is -2.93. The Balaban J connectivity index is 2.79. The second-order valence-electron chi connectivity index (χ2n) is 2.92. The molecule has 2 N–H and O–H groups in total. The molecule has 1 aliphatic heterocycles. The molecule has 1 saturated heterocycles. The van der Waals surface area contributed by atoms with Crippen molar-refractivity contribution in [1.29, 1.82) is 0 Å². The van der Waals surface area contributed by atoms with Gasteiger partial charge in [0.05, 0.1) is 13.2 Å². The number of carboxylic acid groups (broad SMARTS) is 2. The van der Waals surface area contributed by atoms with Gasteiger partial charge in [-0.25, -0.2) is 0 Å². The Kier molecular flexibility index (Phi) is 2.87. The Labute approximate surface area is 79.7 Å². The molecule has 6 heteroatoms. The lowest BCUT2D eigenvalue weighted by molar-refractivity contribution is -0.221. The lowest BCUT2D eigenvalue weighted by Crippen LogP contribution is -2.52. The van der Waals surface area contributed by atoms with Crippen LogP contribution in [0.5, 0.6) is 0 Å². The van der Waals surface area contributed by atoms with E-state index < -0.39 is 36.9 Å². The second kappa shape index (κ2) is 3.77. The molecule has 0 spiro atoms. The topological polar surface area (TPSA) is 93.1 Å². The monoisotopic (exact) mass is 202 g/mol. The van der Waals surface area contributed by atoms with E-state index in [1.165, 1.54) is 6.08 Å². The molecule has 1 heterocycles. The molecule has 0 unspecified atom stereocenters. The first-order valence-corrected chi connectivity index (χ1v) is 3.85. The van der Waals surface area contributed by atoms with E-state index in [1.54, 1.807) is 0 Å². The summed E-state index contributed by atoms with van der Waals surface area (Å²) in [6.45, 7) is 2.53. The summed E-state index contributed by atoms with van der Waals surface area (Å²) in [5, 5.41) is 17.5. The molecule has 0 aliphatic carbocycles. The van der Waals surface area contributed by atoms with Gasteiger partial charge in [0.25, 0.3) is 0 Å². The molecule has 1 aliphatic rings. The van der Waals surface area contributed by atoms with Gasteiger partial charge in [0.2, 0.25) is 5.41 Å². The molecule has 0 aromatic rings. The highest BCUT2D eigenvalue weighted by Gasteiger charge is 2.50. The van der Waals surface area contributed by atoms with E-state index in [4.69, 9.17) is 19.7 Å². The average Bonchev–Trinajstić information content (AvgIpc) is 2.17. The molecule has 0 atom stereocenters. The van der Waals surface area contributed by atoms with Gasteiger partial charge < -0.3 is 19.7 Å². The maximum absolute atomic E-state index is 10.7. The zero-order valence-corrected chi connectivity index (χ0v) is 7.30. The zero-order chi connectivity index (χ0) is 10.8. The van der Waals surface area contributed by atoms with Crippen LogP contribution < -0.4 is 0 Å². The van der Waals surface area contributed by atoms with Gasteiger partial charge >= 0.3 is 11.9 Å². The van der Waals surface area contributed by atoms with E-state index >= 15 is 0 Å². The maximum Gasteiger partial charge on any atom is 0.325 e. The van der Waals surface area contributed by atoms with Crippen LogP contribution in [0.25, 0.3) is 0 Å². The minimum Gasteiger partial charge on any atom is -0.480 e. The molecule has 0 bridgehead atoms. The molecule has 0 saturated carbocycles. The third-order valence-electron chi connectivity index (χ3n) is 2.00. The summed E-state index contributed by atoms with van der Waals surface area (Å²) in [7, 11) is 0. The molecule has 0 radical (unpaired) electrons. The lowest BCUT2D eigenvalue weighted by Gasteiger charge is -2.32. The largest absolute Gasteiger partial charge is 0.480 e. The predicted molar refractivity (Wildman–Crippen MR) is 43.6 cm³/mol. The molecule has 1 rings (SSSR count). The molecule has 14 heavy (non-hydrogen) atoms. The van der Waals surface area contributed by atoms with E-state index in [0.717, 1.165) is 0 Å². The number of aliphatic carboxylic acids is 2. The quantitative estimate of drug-likeness (QED) is 0.482. The smallest absolute Gasteiger partial charge is 0.325 e. The van der Waals surface area contributed by atoms with Crippen molar-refractivity contribution in [3.63, 3.8) is 0 Å². The van der Waals surface area contributed by atoms with Crippen LogP contribution in [0.2, 0.25) is 0 Å². The number of rotatable bonds is 3. The number of hydrogen-bond acceptors (Lipinski definition) is 4. The molecule has 0 aromatic carbocycles. The van der Waals surface area contributed by atoms with Crippen LogP contribution in [-0.4, -0.2) is 41.7 Å². The Morgan fingerprint density at radius 1 is 1.29 bits per heavy atom. The SMILES string of the molecule is C=CC1OCC(C(=O)O)(C(=O)O)CO1. The van der Waals surface area contributed by atoms with Crippen molar-refractivity contribution in [2.45, 2.75) is 6.29 Å². The van der Waals surface area contributed by atoms with Crippen molar-refractivity contribution in [3.05, 3.63) is 12.7 Å². The Hall–Kier alpha value is -1.40. The van der Waals surface area contributed by atoms with Crippen LogP contribution in [0.3, 0.4) is 0 Å². The van der Waals surface area contributed by atoms with Gasteiger partial charge in [-0.15, -0.1) is 0 Å². The summed E-state index contributed by atoms with van der Waals surface area (Å²) in [4.78, 5) is 21.5. The van der Waals surface area contributed by atoms with Crippen LogP contribution in [0.15, 0.2) is 12.7 Å². The first-order chi connectivity index (χ1) is 6.53. The number of carbonyl (C=O) groups is 2. The number of hydrogen-bond donors (Lipinski definition) is 2. The standard InChI is InChI=1S/C8H10O6/c1-2-5-13-3-8(4-14-5,6(9)10)7(11)12/h2,5H,1,3-4H2,(H,9,10)(H,11,12). The zero-order valence-electron chi connectivity index (χ0n) is 7.30.